The standard InChI is InChI=1S/C21H18N4O3/c22-12-10-14-5-7-16(8-6-14)23-18(26)13-25-19(27)21(24-20(25)28)11-9-15-3-1-2-4-17(15)21/h1-8H,9-11,13H2,(H,23,26)(H,24,28)/t21-/m1/s1. The van der Waals surface area contributed by atoms with E-state index in [-0.39, 0.29) is 12.5 Å². The van der Waals surface area contributed by atoms with Gasteiger partial charge in [-0.1, -0.05) is 36.4 Å². The van der Waals surface area contributed by atoms with Crippen molar-refractivity contribution in [3.63, 3.8) is 0 Å². The molecular weight excluding hydrogens is 356 g/mol. The Bertz CT molecular complexity index is 1010. The van der Waals surface area contributed by atoms with E-state index in [1.165, 1.54) is 0 Å². The molecule has 0 aromatic heterocycles. The predicted octanol–water partition coefficient (Wildman–Crippen LogP) is 2.08. The molecule has 2 aromatic carbocycles. The molecule has 1 heterocycles. The van der Waals surface area contributed by atoms with Gasteiger partial charge in [-0.15, -0.1) is 0 Å². The van der Waals surface area contributed by atoms with Gasteiger partial charge < -0.3 is 10.6 Å². The number of carbonyl (C=O) groups is 3. The number of nitriles is 1. The van der Waals surface area contributed by atoms with Crippen LogP contribution in [0.15, 0.2) is 48.5 Å². The van der Waals surface area contributed by atoms with Crippen molar-refractivity contribution in [1.29, 1.82) is 5.26 Å². The normalized spacial score (nSPS) is 20.0. The van der Waals surface area contributed by atoms with Crippen LogP contribution in [0.3, 0.4) is 0 Å². The number of amides is 4. The van der Waals surface area contributed by atoms with Crippen molar-refractivity contribution < 1.29 is 14.4 Å². The molecule has 7 nitrogen and oxygen atoms in total. The van der Waals surface area contributed by atoms with Gasteiger partial charge in [-0.05, 0) is 41.7 Å². The Hall–Kier alpha value is -3.66. The quantitative estimate of drug-likeness (QED) is 0.800. The number of imide groups is 1. The molecule has 1 spiro atoms. The maximum Gasteiger partial charge on any atom is 0.325 e. The number of hydrogen-bond acceptors (Lipinski definition) is 4. The van der Waals surface area contributed by atoms with Gasteiger partial charge in [0.1, 0.15) is 12.1 Å². The molecule has 4 rings (SSSR count). The average Bonchev–Trinajstić information content (AvgIpc) is 3.17. The van der Waals surface area contributed by atoms with Gasteiger partial charge in [0.25, 0.3) is 5.91 Å². The Morgan fingerprint density at radius 2 is 1.93 bits per heavy atom. The van der Waals surface area contributed by atoms with Crippen molar-refractivity contribution in [2.45, 2.75) is 24.8 Å². The van der Waals surface area contributed by atoms with Crippen LogP contribution in [0.2, 0.25) is 0 Å². The number of hydrogen-bond donors (Lipinski definition) is 2. The lowest BCUT2D eigenvalue weighted by Gasteiger charge is -2.22. The number of aryl methyl sites for hydroxylation is 1. The summed E-state index contributed by atoms with van der Waals surface area (Å²) in [5.41, 5.74) is 2.17. The van der Waals surface area contributed by atoms with Gasteiger partial charge in [0.2, 0.25) is 5.91 Å². The number of rotatable bonds is 4. The van der Waals surface area contributed by atoms with Crippen LogP contribution in [0.5, 0.6) is 0 Å². The third kappa shape index (κ3) is 2.89. The first-order valence-electron chi connectivity index (χ1n) is 9.02. The first kappa shape index (κ1) is 17.7. The maximum absolute atomic E-state index is 13.0. The molecule has 0 unspecified atom stereocenters. The van der Waals surface area contributed by atoms with Gasteiger partial charge >= 0.3 is 6.03 Å². The largest absolute Gasteiger partial charge is 0.325 e. The minimum Gasteiger partial charge on any atom is -0.325 e. The highest BCUT2D eigenvalue weighted by Gasteiger charge is 2.55. The van der Waals surface area contributed by atoms with E-state index in [1.54, 1.807) is 24.3 Å². The highest BCUT2D eigenvalue weighted by atomic mass is 16.2. The van der Waals surface area contributed by atoms with Crippen LogP contribution in [-0.4, -0.2) is 29.3 Å². The molecule has 0 bridgehead atoms. The zero-order valence-electron chi connectivity index (χ0n) is 15.1. The van der Waals surface area contributed by atoms with Gasteiger partial charge in [-0.2, -0.15) is 5.26 Å². The Labute approximate surface area is 161 Å². The molecule has 1 atom stereocenters. The molecule has 1 aliphatic heterocycles. The lowest BCUT2D eigenvalue weighted by Crippen LogP contribution is -2.42. The van der Waals surface area contributed by atoms with E-state index in [2.05, 4.69) is 16.7 Å². The molecule has 2 aliphatic rings. The summed E-state index contributed by atoms with van der Waals surface area (Å²) in [6.45, 7) is -0.353. The Morgan fingerprint density at radius 1 is 1.18 bits per heavy atom. The summed E-state index contributed by atoms with van der Waals surface area (Å²) in [7, 11) is 0. The number of nitrogens with zero attached hydrogens (tertiary/aromatic N) is 2. The number of nitrogens with one attached hydrogen (secondary N) is 2. The van der Waals surface area contributed by atoms with Crippen LogP contribution in [-0.2, 0) is 28.0 Å². The third-order valence-electron chi connectivity index (χ3n) is 5.24. The van der Waals surface area contributed by atoms with Crippen molar-refractivity contribution in [3.05, 3.63) is 65.2 Å². The highest BCUT2D eigenvalue weighted by molar-refractivity contribution is 6.10. The van der Waals surface area contributed by atoms with Gasteiger partial charge in [0, 0.05) is 5.69 Å². The second-order valence-corrected chi connectivity index (χ2v) is 6.96. The molecule has 2 N–H and O–H groups in total. The summed E-state index contributed by atoms with van der Waals surface area (Å²) in [6.07, 6.45) is 1.49. The number of urea groups is 1. The molecule has 1 fully saturated rings. The molecule has 1 saturated heterocycles. The number of anilines is 1. The smallest absolute Gasteiger partial charge is 0.325 e. The molecule has 28 heavy (non-hydrogen) atoms. The maximum atomic E-state index is 13.0. The molecule has 2 aromatic rings. The van der Waals surface area contributed by atoms with Crippen molar-refractivity contribution >= 4 is 23.5 Å². The molecule has 0 saturated carbocycles. The zero-order valence-corrected chi connectivity index (χ0v) is 15.1. The van der Waals surface area contributed by atoms with E-state index in [0.717, 1.165) is 21.6 Å². The van der Waals surface area contributed by atoms with Crippen LogP contribution in [0.4, 0.5) is 10.5 Å². The summed E-state index contributed by atoms with van der Waals surface area (Å²) in [6, 6.07) is 15.9. The summed E-state index contributed by atoms with van der Waals surface area (Å²) in [5.74, 6) is -0.846. The van der Waals surface area contributed by atoms with Gasteiger partial charge in [0.05, 0.1) is 12.5 Å². The number of carbonyl (C=O) groups excluding carboxylic acids is 3. The number of fused-ring (bicyclic) bond motifs is 2. The Morgan fingerprint density at radius 3 is 2.68 bits per heavy atom. The Kier molecular flexibility index (Phi) is 4.32. The van der Waals surface area contributed by atoms with Crippen molar-refractivity contribution in [2.75, 3.05) is 11.9 Å². The molecule has 7 heteroatoms. The first-order valence-corrected chi connectivity index (χ1v) is 9.02. The van der Waals surface area contributed by atoms with E-state index in [4.69, 9.17) is 5.26 Å². The van der Waals surface area contributed by atoms with E-state index in [9.17, 15) is 14.4 Å². The first-order chi connectivity index (χ1) is 13.5. The lowest BCUT2D eigenvalue weighted by molar-refractivity contribution is -0.134. The van der Waals surface area contributed by atoms with E-state index >= 15 is 0 Å². The highest BCUT2D eigenvalue weighted by Crippen LogP contribution is 2.41. The third-order valence-corrected chi connectivity index (χ3v) is 5.24. The molecular formula is C21H18N4O3. The molecule has 4 amide bonds. The average molecular weight is 374 g/mol. The van der Waals surface area contributed by atoms with Crippen LogP contribution >= 0.6 is 0 Å². The molecule has 140 valence electrons. The van der Waals surface area contributed by atoms with E-state index in [1.807, 2.05) is 24.3 Å². The second-order valence-electron chi connectivity index (χ2n) is 6.96. The van der Waals surface area contributed by atoms with Gasteiger partial charge in [-0.25, -0.2) is 4.79 Å². The molecule has 0 radical (unpaired) electrons. The minimum atomic E-state index is -1.06. The summed E-state index contributed by atoms with van der Waals surface area (Å²) in [5, 5.41) is 14.2. The SMILES string of the molecule is N#CCc1ccc(NC(=O)CN2C(=O)N[C@@]3(CCc4ccccc43)C2=O)cc1. The Balaban J connectivity index is 1.47. The van der Waals surface area contributed by atoms with E-state index in [0.29, 0.717) is 24.9 Å². The van der Waals surface area contributed by atoms with Gasteiger partial charge in [-0.3, -0.25) is 14.5 Å². The summed E-state index contributed by atoms with van der Waals surface area (Å²) in [4.78, 5) is 38.8. The van der Waals surface area contributed by atoms with Crippen molar-refractivity contribution in [2.24, 2.45) is 0 Å². The van der Waals surface area contributed by atoms with Crippen LogP contribution < -0.4 is 10.6 Å². The van der Waals surface area contributed by atoms with Crippen LogP contribution in [0, 0.1) is 11.3 Å². The van der Waals surface area contributed by atoms with Crippen molar-refractivity contribution in [1.82, 2.24) is 10.2 Å². The predicted molar refractivity (Wildman–Crippen MR) is 101 cm³/mol. The van der Waals surface area contributed by atoms with E-state index < -0.39 is 17.5 Å². The van der Waals surface area contributed by atoms with Crippen LogP contribution in [0.25, 0.3) is 0 Å². The monoisotopic (exact) mass is 374 g/mol. The fraction of sp³-hybridized carbons (Fsp3) is 0.238. The second kappa shape index (κ2) is 6.82. The van der Waals surface area contributed by atoms with Crippen molar-refractivity contribution in [3.8, 4) is 6.07 Å². The lowest BCUT2D eigenvalue weighted by atomic mass is 9.92. The zero-order chi connectivity index (χ0) is 19.7. The summed E-state index contributed by atoms with van der Waals surface area (Å²) < 4.78 is 0. The fourth-order valence-corrected chi connectivity index (χ4v) is 3.87. The van der Waals surface area contributed by atoms with Gasteiger partial charge in [0.15, 0.2) is 0 Å². The molecule has 1 aliphatic carbocycles. The minimum absolute atomic E-state index is 0.292. The topological polar surface area (TPSA) is 102 Å². The van der Waals surface area contributed by atoms with Crippen LogP contribution in [0.1, 0.15) is 23.1 Å². The number of benzene rings is 2. The fourth-order valence-electron chi connectivity index (χ4n) is 3.87. The summed E-state index contributed by atoms with van der Waals surface area (Å²) >= 11 is 0.